The van der Waals surface area contributed by atoms with Gasteiger partial charge in [0, 0.05) is 72.3 Å². The van der Waals surface area contributed by atoms with Crippen LogP contribution in [0.3, 0.4) is 0 Å². The molecule has 2 aromatic carbocycles. The summed E-state index contributed by atoms with van der Waals surface area (Å²) in [6, 6.07) is 19.6. The van der Waals surface area contributed by atoms with E-state index in [1.165, 1.54) is 0 Å². The Morgan fingerprint density at radius 3 is 2.61 bits per heavy atom. The molecule has 0 bridgehead atoms. The van der Waals surface area contributed by atoms with E-state index in [9.17, 15) is 4.79 Å². The predicted molar refractivity (Wildman–Crippen MR) is 137 cm³/mol. The molecule has 0 unspecified atom stereocenters. The summed E-state index contributed by atoms with van der Waals surface area (Å²) in [6.45, 7) is 3.69. The van der Waals surface area contributed by atoms with Gasteiger partial charge in [-0.2, -0.15) is 5.10 Å². The maximum Gasteiger partial charge on any atom is 0.270 e. The second-order valence-corrected chi connectivity index (χ2v) is 9.64. The van der Waals surface area contributed by atoms with Gasteiger partial charge in [-0.25, -0.2) is 14.6 Å². The minimum atomic E-state index is 0.0614. The Kier molecular flexibility index (Phi) is 4.65. The number of aromatic amines is 1. The van der Waals surface area contributed by atoms with Crippen LogP contribution in [0.25, 0.3) is 28.0 Å². The highest BCUT2D eigenvalue weighted by atomic mass is 16.2. The Hall–Kier alpha value is -4.50. The summed E-state index contributed by atoms with van der Waals surface area (Å²) in [5.74, 6) is 1.37. The summed E-state index contributed by atoms with van der Waals surface area (Å²) in [5, 5.41) is 11.9. The lowest BCUT2D eigenvalue weighted by atomic mass is 9.74. The number of anilines is 2. The van der Waals surface area contributed by atoms with Gasteiger partial charge in [-0.15, -0.1) is 0 Å². The van der Waals surface area contributed by atoms with Crippen molar-refractivity contribution in [1.82, 2.24) is 34.9 Å². The van der Waals surface area contributed by atoms with Crippen LogP contribution in [-0.2, 0) is 0 Å². The zero-order chi connectivity index (χ0) is 24.1. The van der Waals surface area contributed by atoms with Crippen molar-refractivity contribution in [2.24, 2.45) is 5.41 Å². The molecule has 0 saturated carbocycles. The van der Waals surface area contributed by atoms with Gasteiger partial charge in [-0.1, -0.05) is 12.1 Å². The summed E-state index contributed by atoms with van der Waals surface area (Å²) in [6.07, 6.45) is 5.41. The Bertz CT molecular complexity index is 1560. The number of hydrogen-bond acceptors (Lipinski definition) is 6. The number of likely N-dealkylation sites (tertiary alicyclic amines) is 1. The van der Waals surface area contributed by atoms with Gasteiger partial charge in [0.25, 0.3) is 5.91 Å². The molecule has 5 heterocycles. The number of nitrogens with zero attached hydrogens (tertiary/aromatic N) is 5. The summed E-state index contributed by atoms with van der Waals surface area (Å²) in [4.78, 5) is 27.3. The number of H-pyrrole nitrogens is 1. The molecule has 3 aromatic heterocycles. The molecule has 2 aliphatic heterocycles. The Labute approximate surface area is 207 Å². The number of amides is 1. The molecule has 0 atom stereocenters. The lowest BCUT2D eigenvalue weighted by molar-refractivity contribution is -0.0251. The Balaban J connectivity index is 1.09. The van der Waals surface area contributed by atoms with Crippen molar-refractivity contribution < 1.29 is 4.79 Å². The van der Waals surface area contributed by atoms with Crippen molar-refractivity contribution >= 4 is 28.3 Å². The molecule has 3 N–H and O–H groups in total. The van der Waals surface area contributed by atoms with Crippen LogP contribution in [0.1, 0.15) is 10.5 Å². The van der Waals surface area contributed by atoms with Crippen LogP contribution in [0.4, 0.5) is 11.5 Å². The van der Waals surface area contributed by atoms with Crippen LogP contribution in [0.2, 0.25) is 0 Å². The minimum absolute atomic E-state index is 0.0614. The molecular weight excluding hydrogens is 452 g/mol. The zero-order valence-electron chi connectivity index (χ0n) is 19.5. The van der Waals surface area contributed by atoms with Crippen LogP contribution < -0.4 is 10.6 Å². The fraction of sp³-hybridized carbons (Fsp3) is 0.185. The fourth-order valence-corrected chi connectivity index (χ4v) is 5.00. The maximum atomic E-state index is 12.9. The molecule has 5 aromatic rings. The number of aromatic nitrogens is 5. The third-order valence-electron chi connectivity index (χ3n) is 7.02. The second-order valence-electron chi connectivity index (χ2n) is 9.64. The summed E-state index contributed by atoms with van der Waals surface area (Å²) in [5.41, 5.74) is 4.62. The highest BCUT2D eigenvalue weighted by Gasteiger charge is 2.49. The van der Waals surface area contributed by atoms with Crippen molar-refractivity contribution in [2.75, 3.05) is 31.5 Å². The summed E-state index contributed by atoms with van der Waals surface area (Å²) >= 11 is 0. The van der Waals surface area contributed by atoms with Gasteiger partial charge in [0.15, 0.2) is 5.82 Å². The predicted octanol–water partition coefficient (Wildman–Crippen LogP) is 3.60. The Morgan fingerprint density at radius 2 is 1.86 bits per heavy atom. The summed E-state index contributed by atoms with van der Waals surface area (Å²) in [7, 11) is 0. The smallest absolute Gasteiger partial charge is 0.270 e. The van der Waals surface area contributed by atoms with Crippen molar-refractivity contribution in [1.29, 1.82) is 0 Å². The van der Waals surface area contributed by atoms with E-state index in [1.807, 2.05) is 76.4 Å². The third-order valence-corrected chi connectivity index (χ3v) is 7.02. The molecule has 1 amide bonds. The van der Waals surface area contributed by atoms with Crippen LogP contribution >= 0.6 is 0 Å². The van der Waals surface area contributed by atoms with E-state index in [1.54, 1.807) is 12.4 Å². The van der Waals surface area contributed by atoms with Gasteiger partial charge in [-0.3, -0.25) is 4.79 Å². The van der Waals surface area contributed by atoms with E-state index in [4.69, 9.17) is 4.98 Å². The molecule has 36 heavy (non-hydrogen) atoms. The first-order valence-corrected chi connectivity index (χ1v) is 12.0. The molecule has 178 valence electrons. The van der Waals surface area contributed by atoms with Crippen molar-refractivity contribution in [3.63, 3.8) is 0 Å². The second kappa shape index (κ2) is 8.03. The van der Waals surface area contributed by atoms with Crippen molar-refractivity contribution in [3.8, 4) is 17.1 Å². The normalized spacial score (nSPS) is 16.1. The highest BCUT2D eigenvalue weighted by Crippen LogP contribution is 2.35. The van der Waals surface area contributed by atoms with Crippen molar-refractivity contribution in [3.05, 3.63) is 84.9 Å². The molecule has 2 aliphatic rings. The fourth-order valence-electron chi connectivity index (χ4n) is 5.00. The van der Waals surface area contributed by atoms with Gasteiger partial charge < -0.3 is 20.5 Å². The SMILES string of the molecule is O=C(c1cc2ccc(-c3nccc(Nc4ccc(-n5cccn5)cc4)n3)cc2[nH]1)N1CC2(CNC2)C1. The van der Waals surface area contributed by atoms with Gasteiger partial charge in [0.05, 0.1) is 5.69 Å². The molecule has 9 heteroatoms. The number of carbonyl (C=O) groups is 1. The number of hydrogen-bond donors (Lipinski definition) is 3. The van der Waals surface area contributed by atoms with Crippen molar-refractivity contribution in [2.45, 2.75) is 0 Å². The van der Waals surface area contributed by atoms with E-state index in [0.717, 1.165) is 54.0 Å². The Morgan fingerprint density at radius 1 is 1.00 bits per heavy atom. The average molecular weight is 477 g/mol. The average Bonchev–Trinajstić information content (AvgIpc) is 3.53. The van der Waals surface area contributed by atoms with Gasteiger partial charge in [0.1, 0.15) is 11.5 Å². The molecule has 2 fully saturated rings. The van der Waals surface area contributed by atoms with Crippen LogP contribution in [0.5, 0.6) is 0 Å². The molecule has 0 aliphatic carbocycles. The number of carbonyl (C=O) groups excluding carboxylic acids is 1. The van der Waals surface area contributed by atoms with E-state index in [2.05, 4.69) is 25.7 Å². The lowest BCUT2D eigenvalue weighted by Crippen LogP contribution is -2.71. The molecule has 2 saturated heterocycles. The number of benzene rings is 2. The number of nitrogens with one attached hydrogen (secondary N) is 3. The monoisotopic (exact) mass is 476 g/mol. The molecular formula is C27H24N8O. The minimum Gasteiger partial charge on any atom is -0.351 e. The molecule has 9 nitrogen and oxygen atoms in total. The van der Waals surface area contributed by atoms with Crippen LogP contribution in [0.15, 0.2) is 79.3 Å². The van der Waals surface area contributed by atoms with E-state index in [0.29, 0.717) is 22.8 Å². The maximum absolute atomic E-state index is 12.9. The number of fused-ring (bicyclic) bond motifs is 1. The van der Waals surface area contributed by atoms with E-state index < -0.39 is 0 Å². The van der Waals surface area contributed by atoms with E-state index >= 15 is 0 Å². The van der Waals surface area contributed by atoms with Gasteiger partial charge >= 0.3 is 0 Å². The first-order chi connectivity index (χ1) is 17.6. The molecule has 7 rings (SSSR count). The number of rotatable bonds is 5. The van der Waals surface area contributed by atoms with Crippen LogP contribution in [0, 0.1) is 5.41 Å². The zero-order valence-corrected chi connectivity index (χ0v) is 19.5. The third kappa shape index (κ3) is 3.61. The lowest BCUT2D eigenvalue weighted by Gasteiger charge is -2.55. The van der Waals surface area contributed by atoms with Gasteiger partial charge in [0.2, 0.25) is 0 Å². The highest BCUT2D eigenvalue weighted by molar-refractivity contribution is 5.99. The first-order valence-electron chi connectivity index (χ1n) is 12.0. The molecule has 0 radical (unpaired) electrons. The summed E-state index contributed by atoms with van der Waals surface area (Å²) < 4.78 is 1.81. The largest absolute Gasteiger partial charge is 0.351 e. The van der Waals surface area contributed by atoms with E-state index in [-0.39, 0.29) is 5.91 Å². The molecule has 1 spiro atoms. The quantitative estimate of drug-likeness (QED) is 0.358. The standard InChI is InChI=1S/C27H24N8O/c36-26(34-16-27(17-34)14-28-15-27)23-12-18-2-3-19(13-22(18)32-23)25-29-10-8-24(33-25)31-20-4-6-21(7-5-20)35-11-1-9-30-35/h1-13,28,32H,14-17H2,(H,29,31,33). The topological polar surface area (TPSA) is 104 Å². The van der Waals surface area contributed by atoms with Crippen LogP contribution in [-0.4, -0.2) is 61.7 Å². The first kappa shape index (κ1) is 20.8. The van der Waals surface area contributed by atoms with Gasteiger partial charge in [-0.05, 0) is 48.5 Å².